The van der Waals surface area contributed by atoms with Crippen molar-refractivity contribution in [3.63, 3.8) is 0 Å². The van der Waals surface area contributed by atoms with Crippen molar-refractivity contribution in [2.24, 2.45) is 0 Å². The van der Waals surface area contributed by atoms with Crippen LogP contribution in [0.3, 0.4) is 0 Å². The van der Waals surface area contributed by atoms with Gasteiger partial charge < -0.3 is 10.0 Å². The lowest BCUT2D eigenvalue weighted by molar-refractivity contribution is -0.152. The van der Waals surface area contributed by atoms with E-state index < -0.39 is 12.0 Å². The van der Waals surface area contributed by atoms with Crippen molar-refractivity contribution in [1.29, 1.82) is 0 Å². The molecule has 0 radical (unpaired) electrons. The fourth-order valence-electron chi connectivity index (χ4n) is 3.38. The van der Waals surface area contributed by atoms with Crippen LogP contribution in [0.4, 0.5) is 0 Å². The number of nitrogens with zero attached hydrogens (tertiary/aromatic N) is 2. The van der Waals surface area contributed by atoms with E-state index in [2.05, 4.69) is 17.0 Å². The van der Waals surface area contributed by atoms with Gasteiger partial charge in [-0.05, 0) is 44.2 Å². The van der Waals surface area contributed by atoms with Crippen LogP contribution in [0.1, 0.15) is 37.8 Å². The molecule has 2 atom stereocenters. The van der Waals surface area contributed by atoms with Gasteiger partial charge in [-0.1, -0.05) is 24.3 Å². The summed E-state index contributed by atoms with van der Waals surface area (Å²) >= 11 is 0. The summed E-state index contributed by atoms with van der Waals surface area (Å²) in [6.45, 7) is 5.10. The van der Waals surface area contributed by atoms with Crippen molar-refractivity contribution >= 4 is 11.9 Å². The van der Waals surface area contributed by atoms with E-state index in [-0.39, 0.29) is 18.0 Å². The molecular formula is C18H24N2O3. The fourth-order valence-corrected chi connectivity index (χ4v) is 3.38. The molecule has 124 valence electrons. The molecule has 0 bridgehead atoms. The summed E-state index contributed by atoms with van der Waals surface area (Å²) in [4.78, 5) is 28.0. The predicted molar refractivity (Wildman–Crippen MR) is 87.0 cm³/mol. The highest BCUT2D eigenvalue weighted by molar-refractivity contribution is 5.87. The second-order valence-electron chi connectivity index (χ2n) is 6.66. The highest BCUT2D eigenvalue weighted by Gasteiger charge is 2.41. The Morgan fingerprint density at radius 3 is 2.48 bits per heavy atom. The molecule has 5 heteroatoms. The molecule has 0 spiro atoms. The summed E-state index contributed by atoms with van der Waals surface area (Å²) < 4.78 is 0. The summed E-state index contributed by atoms with van der Waals surface area (Å²) in [5.74, 6) is -0.983. The third-order valence-electron chi connectivity index (χ3n) is 5.03. The van der Waals surface area contributed by atoms with Gasteiger partial charge in [-0.25, -0.2) is 4.79 Å². The summed E-state index contributed by atoms with van der Waals surface area (Å²) in [5.41, 5.74) is 2.61. The summed E-state index contributed by atoms with van der Waals surface area (Å²) in [6, 6.07) is 7.39. The Kier molecular flexibility index (Phi) is 4.39. The maximum absolute atomic E-state index is 12.9. The van der Waals surface area contributed by atoms with Crippen LogP contribution in [-0.4, -0.2) is 51.5 Å². The van der Waals surface area contributed by atoms with Gasteiger partial charge in [0, 0.05) is 19.1 Å². The second-order valence-corrected chi connectivity index (χ2v) is 6.66. The van der Waals surface area contributed by atoms with Gasteiger partial charge in [0.25, 0.3) is 0 Å². The standard InChI is InChI=1S/C18H24N2O3/c1-12(17(21)20(16-7-8-16)13(2)18(22)23)19-10-9-14-5-3-4-6-15(14)11-19/h3-6,12-13,16H,7-11H2,1-2H3,(H,22,23). The molecule has 1 fully saturated rings. The van der Waals surface area contributed by atoms with Crippen molar-refractivity contribution in [2.45, 2.75) is 57.8 Å². The van der Waals surface area contributed by atoms with Crippen LogP contribution in [0.15, 0.2) is 24.3 Å². The van der Waals surface area contributed by atoms with E-state index >= 15 is 0 Å². The van der Waals surface area contributed by atoms with Gasteiger partial charge in [0.05, 0.1) is 6.04 Å². The number of carbonyl (C=O) groups is 2. The van der Waals surface area contributed by atoms with Crippen LogP contribution in [-0.2, 0) is 22.6 Å². The Hall–Kier alpha value is -1.88. The molecule has 1 aromatic carbocycles. The van der Waals surface area contributed by atoms with Gasteiger partial charge in [0.1, 0.15) is 6.04 Å². The van der Waals surface area contributed by atoms with Crippen molar-refractivity contribution in [2.75, 3.05) is 6.54 Å². The quantitative estimate of drug-likeness (QED) is 0.901. The van der Waals surface area contributed by atoms with Crippen LogP contribution < -0.4 is 0 Å². The number of rotatable bonds is 5. The first-order valence-electron chi connectivity index (χ1n) is 8.35. The number of carboxylic acid groups (broad SMARTS) is 1. The highest BCUT2D eigenvalue weighted by atomic mass is 16.4. The van der Waals surface area contributed by atoms with E-state index in [4.69, 9.17) is 0 Å². The molecule has 1 aromatic rings. The van der Waals surface area contributed by atoms with Gasteiger partial charge in [-0.2, -0.15) is 0 Å². The largest absolute Gasteiger partial charge is 0.480 e. The van der Waals surface area contributed by atoms with Crippen LogP contribution >= 0.6 is 0 Å². The monoisotopic (exact) mass is 316 g/mol. The smallest absolute Gasteiger partial charge is 0.326 e. The fraction of sp³-hybridized carbons (Fsp3) is 0.556. The Morgan fingerprint density at radius 1 is 1.22 bits per heavy atom. The zero-order valence-electron chi connectivity index (χ0n) is 13.7. The minimum absolute atomic E-state index is 0.0539. The minimum Gasteiger partial charge on any atom is -0.480 e. The van der Waals surface area contributed by atoms with Gasteiger partial charge in [0.2, 0.25) is 5.91 Å². The van der Waals surface area contributed by atoms with Crippen LogP contribution in [0.25, 0.3) is 0 Å². The van der Waals surface area contributed by atoms with E-state index in [1.807, 2.05) is 19.1 Å². The third kappa shape index (κ3) is 3.24. The first kappa shape index (κ1) is 16.0. The van der Waals surface area contributed by atoms with Crippen molar-refractivity contribution in [3.8, 4) is 0 Å². The van der Waals surface area contributed by atoms with Crippen molar-refractivity contribution < 1.29 is 14.7 Å². The Balaban J connectivity index is 1.73. The van der Waals surface area contributed by atoms with Crippen LogP contribution in [0, 0.1) is 0 Å². The van der Waals surface area contributed by atoms with Gasteiger partial charge in [-0.3, -0.25) is 9.69 Å². The highest BCUT2D eigenvalue weighted by Crippen LogP contribution is 2.30. The van der Waals surface area contributed by atoms with Gasteiger partial charge in [0.15, 0.2) is 0 Å². The Morgan fingerprint density at radius 2 is 1.87 bits per heavy atom. The summed E-state index contributed by atoms with van der Waals surface area (Å²) in [5, 5.41) is 9.29. The molecule has 1 heterocycles. The van der Waals surface area contributed by atoms with Crippen molar-refractivity contribution in [3.05, 3.63) is 35.4 Å². The van der Waals surface area contributed by atoms with Crippen molar-refractivity contribution in [1.82, 2.24) is 9.80 Å². The predicted octanol–water partition coefficient (Wildman–Crippen LogP) is 1.90. The number of aliphatic carboxylic acids is 1. The average Bonchev–Trinajstić information content (AvgIpc) is 3.38. The number of hydrogen-bond donors (Lipinski definition) is 1. The van der Waals surface area contributed by atoms with E-state index in [0.717, 1.165) is 32.4 Å². The molecule has 3 rings (SSSR count). The average molecular weight is 316 g/mol. The zero-order chi connectivity index (χ0) is 16.6. The molecule has 0 aromatic heterocycles. The van der Waals surface area contributed by atoms with Gasteiger partial charge >= 0.3 is 5.97 Å². The number of carbonyl (C=O) groups excluding carboxylic acids is 1. The molecule has 1 aliphatic heterocycles. The first-order valence-corrected chi connectivity index (χ1v) is 8.35. The number of carboxylic acids is 1. The van der Waals surface area contributed by atoms with Gasteiger partial charge in [-0.15, -0.1) is 0 Å². The SMILES string of the molecule is CC(C(=O)N(C1CC1)C(C)C(=O)O)N1CCc2ccccc2C1. The third-order valence-corrected chi connectivity index (χ3v) is 5.03. The molecule has 2 unspecified atom stereocenters. The normalized spacial score (nSPS) is 20.4. The molecule has 2 aliphatic rings. The molecule has 23 heavy (non-hydrogen) atoms. The Labute approximate surface area is 136 Å². The molecule has 5 nitrogen and oxygen atoms in total. The van der Waals surface area contributed by atoms with E-state index in [9.17, 15) is 14.7 Å². The second kappa shape index (κ2) is 6.32. The zero-order valence-corrected chi connectivity index (χ0v) is 13.7. The van der Waals surface area contributed by atoms with Crippen LogP contribution in [0.5, 0.6) is 0 Å². The number of fused-ring (bicyclic) bond motifs is 1. The topological polar surface area (TPSA) is 60.9 Å². The van der Waals surface area contributed by atoms with E-state index in [1.165, 1.54) is 11.1 Å². The lowest BCUT2D eigenvalue weighted by atomic mass is 9.98. The lowest BCUT2D eigenvalue weighted by Gasteiger charge is -2.37. The number of amides is 1. The number of hydrogen-bond acceptors (Lipinski definition) is 3. The molecule has 1 N–H and O–H groups in total. The molecule has 0 saturated heterocycles. The molecule has 1 saturated carbocycles. The Bertz CT molecular complexity index is 612. The summed E-state index contributed by atoms with van der Waals surface area (Å²) in [7, 11) is 0. The molecule has 1 aliphatic carbocycles. The first-order chi connectivity index (χ1) is 11.0. The maximum Gasteiger partial charge on any atom is 0.326 e. The number of benzene rings is 1. The summed E-state index contributed by atoms with van der Waals surface area (Å²) in [6.07, 6.45) is 2.77. The molecule has 1 amide bonds. The van der Waals surface area contributed by atoms with E-state index in [1.54, 1.807) is 11.8 Å². The van der Waals surface area contributed by atoms with Crippen LogP contribution in [0.2, 0.25) is 0 Å². The van der Waals surface area contributed by atoms with E-state index in [0.29, 0.717) is 0 Å². The lowest BCUT2D eigenvalue weighted by Crippen LogP contribution is -2.53. The minimum atomic E-state index is -0.929. The maximum atomic E-state index is 12.9. The molecular weight excluding hydrogens is 292 g/mol.